The van der Waals surface area contributed by atoms with Crippen molar-refractivity contribution in [1.29, 1.82) is 0 Å². The molecule has 0 aromatic heterocycles. The third-order valence-corrected chi connectivity index (χ3v) is 8.81. The molecule has 6 nitrogen and oxygen atoms in total. The summed E-state index contributed by atoms with van der Waals surface area (Å²) >= 11 is 0. The van der Waals surface area contributed by atoms with E-state index in [0.29, 0.717) is 34.1 Å². The van der Waals surface area contributed by atoms with Crippen LogP contribution in [0.5, 0.6) is 23.0 Å². The first-order valence-electron chi connectivity index (χ1n) is 15.2. The normalized spacial score (nSPS) is 15.4. The van der Waals surface area contributed by atoms with Crippen LogP contribution in [0.15, 0.2) is 60.7 Å². The summed E-state index contributed by atoms with van der Waals surface area (Å²) in [4.78, 5) is 0. The summed E-state index contributed by atoms with van der Waals surface area (Å²) in [6.07, 6.45) is 10.4. The largest absolute Gasteiger partial charge is 0.496 e. The number of ether oxygens (including phenoxy) is 4. The van der Waals surface area contributed by atoms with Crippen LogP contribution in [-0.2, 0) is 18.6 Å². The molecule has 0 fully saturated rings. The second-order valence-electron chi connectivity index (χ2n) is 11.5. The highest BCUT2D eigenvalue weighted by Crippen LogP contribution is 2.52. The highest BCUT2D eigenvalue weighted by atomic mass is 16.5. The Hall–Kier alpha value is -4.52. The van der Waals surface area contributed by atoms with E-state index in [1.807, 2.05) is 30.3 Å². The van der Waals surface area contributed by atoms with Crippen molar-refractivity contribution in [2.24, 2.45) is 0 Å². The molecule has 45 heavy (non-hydrogen) atoms. The van der Waals surface area contributed by atoms with E-state index in [1.165, 1.54) is 22.3 Å². The van der Waals surface area contributed by atoms with Gasteiger partial charge in [0.1, 0.15) is 5.75 Å². The molecule has 2 N–H and O–H groups in total. The lowest BCUT2D eigenvalue weighted by Crippen LogP contribution is -2.20. The Labute approximate surface area is 266 Å². The molecule has 6 heteroatoms. The predicted molar refractivity (Wildman–Crippen MR) is 182 cm³/mol. The topological polar surface area (TPSA) is 77.4 Å². The van der Waals surface area contributed by atoms with Gasteiger partial charge in [-0.2, -0.15) is 0 Å². The standard InChI is InChI=1S/C39H42O6/c1-7-16-39(2)33-18-25(8-10-27-17-29(23-40)32(24-41)35(20-27)42-3)12-14-30(33)31-15-13-26(19-34(31)39)9-11-28-21-36(43-4)38(45-6)37(22-28)44-5/h8-15,17-22,40-41H,7,16,23-24H2,1-6H3/b10-8+,11-9+. The minimum Gasteiger partial charge on any atom is -0.496 e. The number of methoxy groups -OCH3 is 4. The quantitative estimate of drug-likeness (QED) is 0.159. The average molecular weight is 607 g/mol. The van der Waals surface area contributed by atoms with Gasteiger partial charge in [0.2, 0.25) is 5.75 Å². The van der Waals surface area contributed by atoms with Gasteiger partial charge in [-0.15, -0.1) is 0 Å². The Morgan fingerprint density at radius 2 is 1.09 bits per heavy atom. The van der Waals surface area contributed by atoms with Crippen molar-refractivity contribution in [3.8, 4) is 34.1 Å². The van der Waals surface area contributed by atoms with E-state index in [1.54, 1.807) is 28.4 Å². The molecule has 1 unspecified atom stereocenters. The van der Waals surface area contributed by atoms with Crippen LogP contribution in [0, 0.1) is 0 Å². The van der Waals surface area contributed by atoms with Gasteiger partial charge in [0.05, 0.1) is 41.7 Å². The molecule has 1 aliphatic rings. The van der Waals surface area contributed by atoms with Crippen LogP contribution in [0.2, 0.25) is 0 Å². The van der Waals surface area contributed by atoms with E-state index >= 15 is 0 Å². The summed E-state index contributed by atoms with van der Waals surface area (Å²) in [5.74, 6) is 2.39. The van der Waals surface area contributed by atoms with Crippen LogP contribution in [0.25, 0.3) is 35.4 Å². The third kappa shape index (κ3) is 6.08. The Balaban J connectivity index is 1.48. The van der Waals surface area contributed by atoms with Crippen LogP contribution in [0.3, 0.4) is 0 Å². The zero-order valence-corrected chi connectivity index (χ0v) is 26.9. The summed E-state index contributed by atoms with van der Waals surface area (Å²) < 4.78 is 22.0. The maximum atomic E-state index is 9.84. The molecule has 0 radical (unpaired) electrons. The van der Waals surface area contributed by atoms with Gasteiger partial charge in [-0.05, 0) is 80.8 Å². The molecular weight excluding hydrogens is 564 g/mol. The van der Waals surface area contributed by atoms with E-state index in [2.05, 4.69) is 68.5 Å². The number of benzene rings is 4. The van der Waals surface area contributed by atoms with Gasteiger partial charge in [0.25, 0.3) is 0 Å². The Bertz CT molecular complexity index is 1580. The molecule has 0 heterocycles. The molecule has 0 spiro atoms. The highest BCUT2D eigenvalue weighted by Gasteiger charge is 2.38. The lowest BCUT2D eigenvalue weighted by Gasteiger charge is -2.27. The number of fused-ring (bicyclic) bond motifs is 3. The zero-order chi connectivity index (χ0) is 32.1. The summed E-state index contributed by atoms with van der Waals surface area (Å²) in [7, 11) is 6.43. The number of rotatable bonds is 12. The van der Waals surface area contributed by atoms with Gasteiger partial charge in [0.15, 0.2) is 11.5 Å². The fourth-order valence-electron chi connectivity index (χ4n) is 6.54. The highest BCUT2D eigenvalue weighted by molar-refractivity contribution is 5.85. The van der Waals surface area contributed by atoms with Gasteiger partial charge < -0.3 is 29.2 Å². The number of hydrogen-bond donors (Lipinski definition) is 2. The van der Waals surface area contributed by atoms with Gasteiger partial charge in [-0.1, -0.05) is 81.0 Å². The SMILES string of the molecule is CCCC1(C)c2cc(/C=C/c3cc(CO)c(CO)c(OC)c3)ccc2-c2ccc(/C=C/c3cc(OC)c(OC)c(OC)c3)cc21. The van der Waals surface area contributed by atoms with Crippen LogP contribution in [0.4, 0.5) is 0 Å². The van der Waals surface area contributed by atoms with Gasteiger partial charge in [-0.3, -0.25) is 0 Å². The van der Waals surface area contributed by atoms with Crippen molar-refractivity contribution >= 4 is 24.3 Å². The summed E-state index contributed by atoms with van der Waals surface area (Å²) in [5, 5.41) is 19.6. The lowest BCUT2D eigenvalue weighted by atomic mass is 9.76. The monoisotopic (exact) mass is 606 g/mol. The lowest BCUT2D eigenvalue weighted by molar-refractivity contribution is 0.254. The molecule has 0 bridgehead atoms. The van der Waals surface area contributed by atoms with E-state index in [0.717, 1.165) is 35.1 Å². The Morgan fingerprint density at radius 3 is 1.53 bits per heavy atom. The molecule has 1 aliphatic carbocycles. The first kappa shape index (κ1) is 31.9. The maximum Gasteiger partial charge on any atom is 0.203 e. The molecule has 0 amide bonds. The molecular formula is C39H42O6. The second-order valence-corrected chi connectivity index (χ2v) is 11.5. The van der Waals surface area contributed by atoms with Crippen molar-refractivity contribution in [3.05, 3.63) is 105 Å². The Morgan fingerprint density at radius 1 is 0.600 bits per heavy atom. The maximum absolute atomic E-state index is 9.84. The summed E-state index contributed by atoms with van der Waals surface area (Å²) in [6.45, 7) is 4.24. The summed E-state index contributed by atoms with van der Waals surface area (Å²) in [6, 6.07) is 21.1. The predicted octanol–water partition coefficient (Wildman–Crippen LogP) is 8.13. The number of aliphatic hydroxyl groups is 2. The van der Waals surface area contributed by atoms with Crippen molar-refractivity contribution in [1.82, 2.24) is 0 Å². The number of hydrogen-bond acceptors (Lipinski definition) is 6. The van der Waals surface area contributed by atoms with Crippen molar-refractivity contribution in [2.75, 3.05) is 28.4 Å². The van der Waals surface area contributed by atoms with E-state index in [9.17, 15) is 10.2 Å². The van der Waals surface area contributed by atoms with E-state index in [-0.39, 0.29) is 18.6 Å². The van der Waals surface area contributed by atoms with Crippen LogP contribution in [0.1, 0.15) is 71.2 Å². The van der Waals surface area contributed by atoms with E-state index < -0.39 is 0 Å². The Kier molecular flexibility index (Phi) is 9.66. The second kappa shape index (κ2) is 13.6. The van der Waals surface area contributed by atoms with Crippen molar-refractivity contribution in [3.63, 3.8) is 0 Å². The molecule has 0 aliphatic heterocycles. The molecule has 4 aromatic rings. The van der Waals surface area contributed by atoms with E-state index in [4.69, 9.17) is 18.9 Å². The van der Waals surface area contributed by atoms with Gasteiger partial charge >= 0.3 is 0 Å². The molecule has 5 rings (SSSR count). The third-order valence-electron chi connectivity index (χ3n) is 8.81. The van der Waals surface area contributed by atoms with Crippen molar-refractivity contribution < 1.29 is 29.2 Å². The average Bonchev–Trinajstić information content (AvgIpc) is 3.31. The van der Waals surface area contributed by atoms with Crippen LogP contribution in [-0.4, -0.2) is 38.7 Å². The zero-order valence-electron chi connectivity index (χ0n) is 26.9. The smallest absolute Gasteiger partial charge is 0.203 e. The molecule has 0 saturated carbocycles. The van der Waals surface area contributed by atoms with Crippen LogP contribution < -0.4 is 18.9 Å². The minimum absolute atomic E-state index is 0.129. The fourth-order valence-corrected chi connectivity index (χ4v) is 6.54. The molecule has 1 atom stereocenters. The first-order chi connectivity index (χ1) is 21.8. The minimum atomic E-state index is -0.188. The van der Waals surface area contributed by atoms with Crippen LogP contribution >= 0.6 is 0 Å². The molecule has 0 saturated heterocycles. The first-order valence-corrected chi connectivity index (χ1v) is 15.2. The fraction of sp³-hybridized carbons (Fsp3) is 0.282. The van der Waals surface area contributed by atoms with Gasteiger partial charge in [-0.25, -0.2) is 0 Å². The summed E-state index contributed by atoms with van der Waals surface area (Å²) in [5.41, 5.74) is 10.4. The van der Waals surface area contributed by atoms with Gasteiger partial charge in [0, 0.05) is 11.0 Å². The number of aliphatic hydroxyl groups excluding tert-OH is 2. The molecule has 4 aromatic carbocycles. The van der Waals surface area contributed by atoms with Crippen molar-refractivity contribution in [2.45, 2.75) is 45.3 Å². The molecule has 234 valence electrons.